The normalized spacial score (nSPS) is 14.0. The fourth-order valence-corrected chi connectivity index (χ4v) is 4.29. The van der Waals surface area contributed by atoms with E-state index in [1.54, 1.807) is 31.5 Å². The summed E-state index contributed by atoms with van der Waals surface area (Å²) in [4.78, 5) is 33.9. The van der Waals surface area contributed by atoms with Crippen molar-refractivity contribution in [3.63, 3.8) is 0 Å². The summed E-state index contributed by atoms with van der Waals surface area (Å²) in [6.07, 6.45) is 4.79. The standard InChI is InChI=1S/C23H25N7O3S/c1-4-15-12-19(28-22(33-3)20(15)30-10-8-29(2)9-11-30)34-23-26-17(13-18(31)27-23)25-21(32)16-6-5-7-24-14-16/h4-7,12-14H,1,8-11H2,2-3H3,(H2,25,26,27,31,32). The summed E-state index contributed by atoms with van der Waals surface area (Å²) in [5.74, 6) is -0.0279. The molecule has 1 aliphatic heterocycles. The Morgan fingerprint density at radius 1 is 1.24 bits per heavy atom. The summed E-state index contributed by atoms with van der Waals surface area (Å²) in [5.41, 5.74) is 2.15. The molecular formula is C23H25N7O3S. The lowest BCUT2D eigenvalue weighted by Crippen LogP contribution is -2.44. The topological polar surface area (TPSA) is 117 Å². The Morgan fingerprint density at radius 3 is 2.71 bits per heavy atom. The average molecular weight is 480 g/mol. The maximum atomic E-state index is 12.4. The largest absolute Gasteiger partial charge is 0.493 e. The number of pyridine rings is 2. The van der Waals surface area contributed by atoms with Gasteiger partial charge in [-0.1, -0.05) is 12.7 Å². The van der Waals surface area contributed by atoms with E-state index in [0.717, 1.165) is 49.2 Å². The number of piperazine rings is 1. The second-order valence-corrected chi connectivity index (χ2v) is 8.58. The highest BCUT2D eigenvalue weighted by atomic mass is 32.2. The lowest BCUT2D eigenvalue weighted by atomic mass is 10.1. The number of nitrogens with one attached hydrogen (secondary N) is 1. The fraction of sp³-hybridized carbons (Fsp3) is 0.261. The highest BCUT2D eigenvalue weighted by Gasteiger charge is 2.22. The molecule has 0 saturated carbocycles. The second kappa shape index (κ2) is 10.5. The Labute approximate surface area is 201 Å². The van der Waals surface area contributed by atoms with E-state index in [1.807, 2.05) is 6.07 Å². The van der Waals surface area contributed by atoms with Gasteiger partial charge in [0.25, 0.3) is 5.91 Å². The predicted molar refractivity (Wildman–Crippen MR) is 131 cm³/mol. The monoisotopic (exact) mass is 479 g/mol. The van der Waals surface area contributed by atoms with Crippen molar-refractivity contribution in [3.8, 4) is 11.8 Å². The molecule has 0 atom stereocenters. The molecular weight excluding hydrogens is 454 g/mol. The summed E-state index contributed by atoms with van der Waals surface area (Å²) in [6.45, 7) is 7.57. The molecule has 0 unspecified atom stereocenters. The van der Waals surface area contributed by atoms with E-state index in [4.69, 9.17) is 4.74 Å². The van der Waals surface area contributed by atoms with Gasteiger partial charge in [0.1, 0.15) is 16.5 Å². The predicted octanol–water partition coefficient (Wildman–Crippen LogP) is 2.78. The van der Waals surface area contributed by atoms with E-state index in [1.165, 1.54) is 12.3 Å². The summed E-state index contributed by atoms with van der Waals surface area (Å²) < 4.78 is 5.61. The number of aromatic nitrogens is 4. The first-order valence-electron chi connectivity index (χ1n) is 10.6. The van der Waals surface area contributed by atoms with Gasteiger partial charge in [0.2, 0.25) is 11.8 Å². The third kappa shape index (κ3) is 5.43. The number of amides is 1. The summed E-state index contributed by atoms with van der Waals surface area (Å²) in [7, 11) is 3.68. The van der Waals surface area contributed by atoms with Crippen molar-refractivity contribution >= 4 is 35.3 Å². The smallest absolute Gasteiger partial charge is 0.258 e. The summed E-state index contributed by atoms with van der Waals surface area (Å²) in [6, 6.07) is 6.46. The Balaban J connectivity index is 1.58. The van der Waals surface area contributed by atoms with Crippen LogP contribution in [0.2, 0.25) is 0 Å². The zero-order valence-electron chi connectivity index (χ0n) is 18.9. The molecule has 3 aromatic rings. The molecule has 0 bridgehead atoms. The van der Waals surface area contributed by atoms with Crippen LogP contribution >= 0.6 is 11.8 Å². The Bertz CT molecular complexity index is 1180. The van der Waals surface area contributed by atoms with Crippen LogP contribution in [0, 0.1) is 0 Å². The number of likely N-dealkylation sites (N-methyl/N-ethyl adjacent to an activating group) is 1. The number of hydrogen-bond donors (Lipinski definition) is 2. The number of carbonyl (C=O) groups is 1. The number of ether oxygens (including phenoxy) is 1. The molecule has 176 valence electrons. The number of nitrogens with zero attached hydrogens (tertiary/aromatic N) is 6. The highest BCUT2D eigenvalue weighted by molar-refractivity contribution is 7.99. The molecule has 1 amide bonds. The van der Waals surface area contributed by atoms with Crippen molar-refractivity contribution in [1.29, 1.82) is 0 Å². The number of carbonyl (C=O) groups excluding carboxylic acids is 1. The van der Waals surface area contributed by atoms with Crippen LogP contribution in [-0.4, -0.2) is 76.2 Å². The number of hydrogen-bond acceptors (Lipinski definition) is 10. The molecule has 0 radical (unpaired) electrons. The van der Waals surface area contributed by atoms with Gasteiger partial charge in [0.05, 0.1) is 12.7 Å². The van der Waals surface area contributed by atoms with Crippen LogP contribution in [0.3, 0.4) is 0 Å². The molecule has 2 N–H and O–H groups in total. The van der Waals surface area contributed by atoms with Gasteiger partial charge in [-0.15, -0.1) is 0 Å². The molecule has 34 heavy (non-hydrogen) atoms. The SMILES string of the molecule is C=Cc1cc(Sc2nc(O)cc(NC(=O)c3cccnc3)n2)nc(OC)c1N1CCN(C)CC1. The molecule has 1 fully saturated rings. The van der Waals surface area contributed by atoms with E-state index in [-0.39, 0.29) is 16.9 Å². The van der Waals surface area contributed by atoms with Gasteiger partial charge in [-0.3, -0.25) is 9.78 Å². The molecule has 11 heteroatoms. The Hall–Kier alpha value is -3.70. The van der Waals surface area contributed by atoms with E-state index < -0.39 is 5.91 Å². The minimum Gasteiger partial charge on any atom is -0.493 e. The van der Waals surface area contributed by atoms with Crippen LogP contribution in [0.1, 0.15) is 15.9 Å². The molecule has 3 aromatic heterocycles. The van der Waals surface area contributed by atoms with Crippen molar-refractivity contribution in [2.45, 2.75) is 10.2 Å². The first-order chi connectivity index (χ1) is 16.5. The van der Waals surface area contributed by atoms with Crippen LogP contribution < -0.4 is 15.0 Å². The minimum absolute atomic E-state index is 0.161. The van der Waals surface area contributed by atoms with Crippen molar-refractivity contribution in [2.24, 2.45) is 0 Å². The van der Waals surface area contributed by atoms with E-state index in [2.05, 4.69) is 48.7 Å². The maximum Gasteiger partial charge on any atom is 0.258 e. The fourth-order valence-electron chi connectivity index (χ4n) is 3.51. The summed E-state index contributed by atoms with van der Waals surface area (Å²) >= 11 is 1.14. The van der Waals surface area contributed by atoms with Crippen molar-refractivity contribution in [1.82, 2.24) is 24.8 Å². The maximum absolute atomic E-state index is 12.4. The van der Waals surface area contributed by atoms with E-state index in [0.29, 0.717) is 16.5 Å². The summed E-state index contributed by atoms with van der Waals surface area (Å²) in [5, 5.41) is 13.5. The van der Waals surface area contributed by atoms with Gasteiger partial charge in [-0.2, -0.15) is 4.98 Å². The molecule has 4 heterocycles. The Kier molecular flexibility index (Phi) is 7.24. The number of rotatable bonds is 7. The average Bonchev–Trinajstić information content (AvgIpc) is 2.84. The van der Waals surface area contributed by atoms with Gasteiger partial charge in [-0.05, 0) is 37.0 Å². The van der Waals surface area contributed by atoms with Crippen LogP contribution in [-0.2, 0) is 0 Å². The van der Waals surface area contributed by atoms with Gasteiger partial charge in [0.15, 0.2) is 5.16 Å². The van der Waals surface area contributed by atoms with Gasteiger partial charge < -0.3 is 25.0 Å². The lowest BCUT2D eigenvalue weighted by molar-refractivity contribution is 0.102. The van der Waals surface area contributed by atoms with Crippen LogP contribution in [0.4, 0.5) is 11.5 Å². The molecule has 1 saturated heterocycles. The zero-order valence-corrected chi connectivity index (χ0v) is 19.7. The molecule has 10 nitrogen and oxygen atoms in total. The van der Waals surface area contributed by atoms with Crippen molar-refractivity contribution in [3.05, 3.63) is 54.4 Å². The van der Waals surface area contributed by atoms with Crippen LogP contribution in [0.15, 0.2) is 53.4 Å². The van der Waals surface area contributed by atoms with Crippen molar-refractivity contribution in [2.75, 3.05) is 50.6 Å². The van der Waals surface area contributed by atoms with Crippen LogP contribution in [0.5, 0.6) is 11.8 Å². The van der Waals surface area contributed by atoms with Gasteiger partial charge in [-0.25, -0.2) is 9.97 Å². The molecule has 1 aliphatic rings. The Morgan fingerprint density at radius 2 is 2.03 bits per heavy atom. The molecule has 0 spiro atoms. The number of aromatic hydroxyl groups is 1. The van der Waals surface area contributed by atoms with Gasteiger partial charge in [0, 0.05) is 50.2 Å². The number of anilines is 2. The molecule has 4 rings (SSSR count). The third-order valence-electron chi connectivity index (χ3n) is 5.25. The molecule has 0 aliphatic carbocycles. The first kappa shape index (κ1) is 23.5. The third-order valence-corrected chi connectivity index (χ3v) is 6.04. The van der Waals surface area contributed by atoms with Gasteiger partial charge >= 0.3 is 0 Å². The van der Waals surface area contributed by atoms with E-state index >= 15 is 0 Å². The first-order valence-corrected chi connectivity index (χ1v) is 11.4. The second-order valence-electron chi connectivity index (χ2n) is 7.59. The molecule has 0 aromatic carbocycles. The zero-order chi connectivity index (χ0) is 24.1. The minimum atomic E-state index is -0.396. The quantitative estimate of drug-likeness (QED) is 0.490. The van der Waals surface area contributed by atoms with Crippen LogP contribution in [0.25, 0.3) is 6.08 Å². The van der Waals surface area contributed by atoms with E-state index in [9.17, 15) is 9.90 Å². The van der Waals surface area contributed by atoms with Crippen molar-refractivity contribution < 1.29 is 14.6 Å². The highest BCUT2D eigenvalue weighted by Crippen LogP contribution is 2.37. The lowest BCUT2D eigenvalue weighted by Gasteiger charge is -2.35. The number of methoxy groups -OCH3 is 1.